The molecule has 2 heteroatoms. The zero-order valence-corrected chi connectivity index (χ0v) is 11.3. The van der Waals surface area contributed by atoms with Gasteiger partial charge in [0, 0.05) is 19.2 Å². The lowest BCUT2D eigenvalue weighted by Crippen LogP contribution is -2.40. The zero-order valence-electron chi connectivity index (χ0n) is 11.3. The predicted molar refractivity (Wildman–Crippen MR) is 69.7 cm³/mol. The number of allylic oxidation sites excluding steroid dienone is 2. The summed E-state index contributed by atoms with van der Waals surface area (Å²) in [6.45, 7) is 7.47. The van der Waals surface area contributed by atoms with Gasteiger partial charge in [-0.2, -0.15) is 0 Å². The van der Waals surface area contributed by atoms with Crippen LogP contribution in [-0.4, -0.2) is 25.8 Å². The van der Waals surface area contributed by atoms with Crippen LogP contribution in [-0.2, 0) is 4.74 Å². The van der Waals surface area contributed by atoms with Crippen LogP contribution in [0.1, 0.15) is 46.5 Å². The number of hydrogen-bond acceptors (Lipinski definition) is 2. The summed E-state index contributed by atoms with van der Waals surface area (Å²) in [6.07, 6.45) is 7.48. The first-order valence-corrected chi connectivity index (χ1v) is 6.51. The number of rotatable bonds is 8. The molecule has 1 aliphatic rings. The summed E-state index contributed by atoms with van der Waals surface area (Å²) in [5.74, 6) is 0.867. The first kappa shape index (κ1) is 13.7. The fraction of sp³-hybridized carbons (Fsp3) is 0.857. The maximum absolute atomic E-state index is 5.27. The maximum atomic E-state index is 5.27. The second-order valence-corrected chi connectivity index (χ2v) is 5.33. The lowest BCUT2D eigenvalue weighted by atomic mass is 10.1. The molecular formula is C14H27NO. The van der Waals surface area contributed by atoms with Crippen LogP contribution in [0.4, 0.5) is 0 Å². The van der Waals surface area contributed by atoms with Crippen molar-refractivity contribution in [1.82, 2.24) is 5.32 Å². The van der Waals surface area contributed by atoms with E-state index >= 15 is 0 Å². The molecule has 0 aromatic heterocycles. The molecule has 2 atom stereocenters. The molecule has 1 aliphatic carbocycles. The van der Waals surface area contributed by atoms with Crippen molar-refractivity contribution in [2.24, 2.45) is 5.92 Å². The molecule has 0 heterocycles. The lowest BCUT2D eigenvalue weighted by Gasteiger charge is -2.22. The average Bonchev–Trinajstić information content (AvgIpc) is 2.99. The summed E-state index contributed by atoms with van der Waals surface area (Å²) < 4.78 is 5.27. The molecule has 0 radical (unpaired) electrons. The Morgan fingerprint density at radius 2 is 2.12 bits per heavy atom. The minimum atomic E-state index is 0.576. The Bertz CT molecular complexity index is 217. The summed E-state index contributed by atoms with van der Waals surface area (Å²) in [5, 5.41) is 3.70. The Balaban J connectivity index is 2.19. The first-order chi connectivity index (χ1) is 7.63. The Hall–Kier alpha value is -0.340. The monoisotopic (exact) mass is 225 g/mol. The Kier molecular flexibility index (Phi) is 6.07. The number of hydrogen-bond donors (Lipinski definition) is 1. The van der Waals surface area contributed by atoms with Crippen molar-refractivity contribution in [3.63, 3.8) is 0 Å². The van der Waals surface area contributed by atoms with Crippen molar-refractivity contribution in [2.45, 2.75) is 58.5 Å². The summed E-state index contributed by atoms with van der Waals surface area (Å²) in [5.41, 5.74) is 1.42. The van der Waals surface area contributed by atoms with E-state index in [2.05, 4.69) is 32.2 Å². The number of methoxy groups -OCH3 is 1. The maximum Gasteiger partial charge on any atom is 0.0618 e. The van der Waals surface area contributed by atoms with Crippen molar-refractivity contribution in [3.8, 4) is 0 Å². The topological polar surface area (TPSA) is 21.3 Å². The molecular weight excluding hydrogens is 198 g/mol. The van der Waals surface area contributed by atoms with E-state index in [1.807, 2.05) is 0 Å². The van der Waals surface area contributed by atoms with Crippen molar-refractivity contribution >= 4 is 0 Å². The van der Waals surface area contributed by atoms with Crippen LogP contribution >= 0.6 is 0 Å². The van der Waals surface area contributed by atoms with Crippen molar-refractivity contribution in [3.05, 3.63) is 11.6 Å². The van der Waals surface area contributed by atoms with E-state index < -0.39 is 0 Å². The Morgan fingerprint density at radius 1 is 1.44 bits per heavy atom. The van der Waals surface area contributed by atoms with Gasteiger partial charge >= 0.3 is 0 Å². The second-order valence-electron chi connectivity index (χ2n) is 5.33. The molecule has 0 spiro atoms. The van der Waals surface area contributed by atoms with Crippen molar-refractivity contribution in [2.75, 3.05) is 13.7 Å². The van der Waals surface area contributed by atoms with Gasteiger partial charge in [-0.05, 0) is 52.4 Å². The lowest BCUT2D eigenvalue weighted by molar-refractivity contribution is 0.151. The van der Waals surface area contributed by atoms with Crippen molar-refractivity contribution < 1.29 is 4.74 Å². The molecule has 0 amide bonds. The molecule has 1 fully saturated rings. The Labute approximate surface area is 100 Å². The summed E-state index contributed by atoms with van der Waals surface area (Å²) in [6, 6.07) is 1.17. The van der Waals surface area contributed by atoms with Crippen LogP contribution in [0.5, 0.6) is 0 Å². The van der Waals surface area contributed by atoms with E-state index in [0.717, 1.165) is 12.5 Å². The number of nitrogens with one attached hydrogen (secondary N) is 1. The van der Waals surface area contributed by atoms with Crippen LogP contribution in [0.25, 0.3) is 0 Å². The highest BCUT2D eigenvalue weighted by Gasteiger charge is 2.31. The van der Waals surface area contributed by atoms with Crippen LogP contribution in [0.3, 0.4) is 0 Å². The highest BCUT2D eigenvalue weighted by molar-refractivity contribution is 4.94. The largest absolute Gasteiger partial charge is 0.383 e. The van der Waals surface area contributed by atoms with E-state index in [1.165, 1.54) is 31.3 Å². The molecule has 0 aromatic carbocycles. The molecule has 1 rings (SSSR count). The van der Waals surface area contributed by atoms with Gasteiger partial charge < -0.3 is 10.1 Å². The SMILES string of the molecule is COCC(NC(C)CCC=C(C)C)C1CC1. The van der Waals surface area contributed by atoms with Crippen molar-refractivity contribution in [1.29, 1.82) is 0 Å². The first-order valence-electron chi connectivity index (χ1n) is 6.51. The molecule has 2 nitrogen and oxygen atoms in total. The quantitative estimate of drug-likeness (QED) is 0.641. The summed E-state index contributed by atoms with van der Waals surface area (Å²) >= 11 is 0. The molecule has 94 valence electrons. The smallest absolute Gasteiger partial charge is 0.0618 e. The number of ether oxygens (including phenoxy) is 1. The van der Waals surface area contributed by atoms with Gasteiger partial charge in [-0.3, -0.25) is 0 Å². The minimum Gasteiger partial charge on any atom is -0.383 e. The highest BCUT2D eigenvalue weighted by Crippen LogP contribution is 2.33. The average molecular weight is 225 g/mol. The van der Waals surface area contributed by atoms with Gasteiger partial charge in [-0.15, -0.1) is 0 Å². The fourth-order valence-electron chi connectivity index (χ4n) is 2.07. The van der Waals surface area contributed by atoms with Gasteiger partial charge in [-0.1, -0.05) is 11.6 Å². The van der Waals surface area contributed by atoms with Gasteiger partial charge in [0.25, 0.3) is 0 Å². The molecule has 0 aliphatic heterocycles. The van der Waals surface area contributed by atoms with Gasteiger partial charge in [0.15, 0.2) is 0 Å². The second kappa shape index (κ2) is 7.08. The van der Waals surface area contributed by atoms with Crippen LogP contribution in [0.2, 0.25) is 0 Å². The molecule has 0 aromatic rings. The third-order valence-corrected chi connectivity index (χ3v) is 3.19. The van der Waals surface area contributed by atoms with E-state index in [9.17, 15) is 0 Å². The van der Waals surface area contributed by atoms with E-state index in [4.69, 9.17) is 4.74 Å². The van der Waals surface area contributed by atoms with Crippen LogP contribution in [0.15, 0.2) is 11.6 Å². The molecule has 1 saturated carbocycles. The highest BCUT2D eigenvalue weighted by atomic mass is 16.5. The molecule has 1 N–H and O–H groups in total. The minimum absolute atomic E-state index is 0.576. The van der Waals surface area contributed by atoms with Gasteiger partial charge in [0.2, 0.25) is 0 Å². The predicted octanol–water partition coefficient (Wildman–Crippen LogP) is 3.14. The van der Waals surface area contributed by atoms with E-state index in [0.29, 0.717) is 12.1 Å². The summed E-state index contributed by atoms with van der Waals surface area (Å²) in [7, 11) is 1.80. The van der Waals surface area contributed by atoms with Gasteiger partial charge in [0.1, 0.15) is 0 Å². The molecule has 0 saturated heterocycles. The van der Waals surface area contributed by atoms with E-state index in [1.54, 1.807) is 7.11 Å². The molecule has 2 unspecified atom stereocenters. The van der Waals surface area contributed by atoms with Crippen LogP contribution < -0.4 is 5.32 Å². The Morgan fingerprint density at radius 3 is 2.62 bits per heavy atom. The van der Waals surface area contributed by atoms with E-state index in [-0.39, 0.29) is 0 Å². The zero-order chi connectivity index (χ0) is 12.0. The third kappa shape index (κ3) is 5.66. The van der Waals surface area contributed by atoms with Crippen LogP contribution in [0, 0.1) is 5.92 Å². The normalized spacial score (nSPS) is 19.2. The van der Waals surface area contributed by atoms with Gasteiger partial charge in [0.05, 0.1) is 6.61 Å². The summed E-state index contributed by atoms with van der Waals surface area (Å²) in [4.78, 5) is 0. The van der Waals surface area contributed by atoms with Gasteiger partial charge in [-0.25, -0.2) is 0 Å². The molecule has 0 bridgehead atoms. The third-order valence-electron chi connectivity index (χ3n) is 3.19. The molecule has 16 heavy (non-hydrogen) atoms. The standard InChI is InChI=1S/C14H27NO/c1-11(2)6-5-7-12(3)15-14(10-16-4)13-8-9-13/h6,12-15H,5,7-10H2,1-4H3. The fourth-order valence-corrected chi connectivity index (χ4v) is 2.07.